The molecule has 1 aliphatic rings. The molecule has 120 valence electrons. The van der Waals surface area contributed by atoms with Crippen molar-refractivity contribution in [3.05, 3.63) is 11.3 Å². The van der Waals surface area contributed by atoms with Crippen molar-refractivity contribution in [2.45, 2.75) is 45.6 Å². The second-order valence-electron chi connectivity index (χ2n) is 6.56. The summed E-state index contributed by atoms with van der Waals surface area (Å²) in [6.07, 6.45) is 2.92. The first kappa shape index (κ1) is 17.5. The third-order valence-corrected chi connectivity index (χ3v) is 3.49. The van der Waals surface area contributed by atoms with Crippen molar-refractivity contribution >= 4 is 11.7 Å². The average molecular weight is 295 g/mol. The molecule has 0 heterocycles. The average Bonchev–Trinajstić information content (AvgIpc) is 2.83. The minimum atomic E-state index is -0.246. The van der Waals surface area contributed by atoms with Gasteiger partial charge in [-0.05, 0) is 40.0 Å². The molecule has 0 spiro atoms. The minimum Gasteiger partial charge on any atom is -0.351 e. The molecule has 21 heavy (non-hydrogen) atoms. The van der Waals surface area contributed by atoms with Crippen LogP contribution < -0.4 is 10.7 Å². The van der Waals surface area contributed by atoms with E-state index in [1.807, 2.05) is 39.9 Å². The Morgan fingerprint density at radius 3 is 2.43 bits per heavy atom. The number of hydrogen-bond acceptors (Lipinski definition) is 4. The Hall–Kier alpha value is -1.56. The maximum absolute atomic E-state index is 12.0. The molecular formula is C15H29N5O. The van der Waals surface area contributed by atoms with Crippen molar-refractivity contribution in [1.29, 1.82) is 5.41 Å². The summed E-state index contributed by atoms with van der Waals surface area (Å²) in [5.41, 5.74) is 5.01. The number of carbonyl (C=O) groups excluding carboxylic acids is 1. The molecule has 1 aliphatic carbocycles. The lowest BCUT2D eigenvalue weighted by atomic mass is 10.1. The van der Waals surface area contributed by atoms with Gasteiger partial charge in [-0.3, -0.25) is 10.2 Å². The lowest BCUT2D eigenvalue weighted by Gasteiger charge is -2.27. The van der Waals surface area contributed by atoms with E-state index in [-0.39, 0.29) is 18.0 Å². The smallest absolute Gasteiger partial charge is 0.239 e. The normalized spacial score (nSPS) is 15.1. The van der Waals surface area contributed by atoms with E-state index in [1.165, 1.54) is 0 Å². The van der Waals surface area contributed by atoms with Crippen molar-refractivity contribution in [2.75, 3.05) is 27.7 Å². The van der Waals surface area contributed by atoms with Crippen molar-refractivity contribution < 1.29 is 4.79 Å². The second kappa shape index (κ2) is 6.93. The van der Waals surface area contributed by atoms with Crippen LogP contribution in [0.25, 0.3) is 0 Å². The number of likely N-dealkylation sites (N-methyl/N-ethyl adjacent to an activating group) is 1. The molecule has 6 heteroatoms. The van der Waals surface area contributed by atoms with E-state index >= 15 is 0 Å². The van der Waals surface area contributed by atoms with E-state index in [4.69, 9.17) is 5.41 Å². The lowest BCUT2D eigenvalue weighted by molar-refractivity contribution is -0.122. The molecule has 0 fully saturated rings. The molecule has 0 saturated carbocycles. The Kier molecular flexibility index (Phi) is 5.78. The zero-order chi connectivity index (χ0) is 16.2. The van der Waals surface area contributed by atoms with Gasteiger partial charge in [0, 0.05) is 38.0 Å². The van der Waals surface area contributed by atoms with Gasteiger partial charge in [-0.2, -0.15) is 0 Å². The molecule has 1 amide bonds. The van der Waals surface area contributed by atoms with E-state index in [9.17, 15) is 4.79 Å². The van der Waals surface area contributed by atoms with Crippen LogP contribution in [0.3, 0.4) is 0 Å². The van der Waals surface area contributed by atoms with Gasteiger partial charge in [-0.1, -0.05) is 0 Å². The highest BCUT2D eigenvalue weighted by Gasteiger charge is 2.24. The molecule has 0 aliphatic heterocycles. The van der Waals surface area contributed by atoms with Crippen LogP contribution in [0.1, 0.15) is 40.0 Å². The van der Waals surface area contributed by atoms with Crippen LogP contribution in [-0.4, -0.2) is 54.9 Å². The van der Waals surface area contributed by atoms with Crippen LogP contribution in [-0.2, 0) is 4.79 Å². The largest absolute Gasteiger partial charge is 0.351 e. The van der Waals surface area contributed by atoms with Gasteiger partial charge < -0.3 is 15.2 Å². The van der Waals surface area contributed by atoms with E-state index in [1.54, 1.807) is 11.9 Å². The molecule has 1 rings (SSSR count). The summed E-state index contributed by atoms with van der Waals surface area (Å²) in [7, 11) is 5.63. The summed E-state index contributed by atoms with van der Waals surface area (Å²) in [5, 5.41) is 13.2. The lowest BCUT2D eigenvalue weighted by Crippen LogP contribution is -2.46. The molecular weight excluding hydrogens is 266 g/mol. The first-order chi connectivity index (χ1) is 9.65. The van der Waals surface area contributed by atoms with Gasteiger partial charge in [0.05, 0.1) is 6.54 Å². The number of carbonyl (C=O) groups is 1. The molecule has 0 aromatic rings. The Balaban J connectivity index is 2.72. The summed E-state index contributed by atoms with van der Waals surface area (Å²) in [6.45, 7) is 6.07. The van der Waals surface area contributed by atoms with Crippen LogP contribution in [0.15, 0.2) is 11.3 Å². The van der Waals surface area contributed by atoms with Crippen LogP contribution in [0, 0.1) is 5.41 Å². The summed E-state index contributed by atoms with van der Waals surface area (Å²) >= 11 is 0. The molecule has 0 aromatic heterocycles. The highest BCUT2D eigenvalue weighted by atomic mass is 16.2. The monoisotopic (exact) mass is 295 g/mol. The van der Waals surface area contributed by atoms with Gasteiger partial charge in [-0.15, -0.1) is 0 Å². The third kappa shape index (κ3) is 5.04. The van der Waals surface area contributed by atoms with Crippen LogP contribution in [0.5, 0.6) is 0 Å². The molecule has 0 radical (unpaired) electrons. The highest BCUT2D eigenvalue weighted by molar-refractivity contribution is 5.98. The van der Waals surface area contributed by atoms with Gasteiger partial charge >= 0.3 is 0 Å². The first-order valence-electron chi connectivity index (χ1n) is 7.40. The summed E-state index contributed by atoms with van der Waals surface area (Å²) < 4.78 is 0. The van der Waals surface area contributed by atoms with Crippen LogP contribution in [0.2, 0.25) is 0 Å². The fraction of sp³-hybridized carbons (Fsp3) is 0.733. The number of amidine groups is 1. The fourth-order valence-electron chi connectivity index (χ4n) is 2.47. The molecule has 0 saturated heterocycles. The molecule has 0 atom stereocenters. The van der Waals surface area contributed by atoms with Gasteiger partial charge in [0.2, 0.25) is 5.91 Å². The van der Waals surface area contributed by atoms with E-state index in [0.717, 1.165) is 30.5 Å². The molecule has 3 N–H and O–H groups in total. The number of hydrogen-bond donors (Lipinski definition) is 3. The summed E-state index contributed by atoms with van der Waals surface area (Å²) in [5.74, 6) is 0.380. The zero-order valence-electron chi connectivity index (χ0n) is 14.1. The standard InChI is InChI=1S/C15H29N5O/c1-15(2,3)18-13(21)10-19(5)14(16)11-8-7-9-12(11)20(6)17-4/h16-17H,7-10H2,1-6H3,(H,18,21). The van der Waals surface area contributed by atoms with Crippen molar-refractivity contribution in [2.24, 2.45) is 0 Å². The van der Waals surface area contributed by atoms with E-state index in [2.05, 4.69) is 10.7 Å². The quantitative estimate of drug-likeness (QED) is 0.406. The SMILES string of the molecule is CNN(C)C1=C(C(=N)N(C)CC(=O)NC(C)(C)C)CCC1. The second-order valence-corrected chi connectivity index (χ2v) is 6.56. The molecule has 0 bridgehead atoms. The molecule has 0 unspecified atom stereocenters. The summed E-state index contributed by atoms with van der Waals surface area (Å²) in [6, 6.07) is 0. The van der Waals surface area contributed by atoms with Crippen molar-refractivity contribution in [1.82, 2.24) is 20.7 Å². The number of allylic oxidation sites excluding steroid dienone is 1. The maximum Gasteiger partial charge on any atom is 0.239 e. The van der Waals surface area contributed by atoms with Gasteiger partial charge in [0.1, 0.15) is 5.84 Å². The Morgan fingerprint density at radius 1 is 1.29 bits per heavy atom. The Morgan fingerprint density at radius 2 is 1.90 bits per heavy atom. The summed E-state index contributed by atoms with van der Waals surface area (Å²) in [4.78, 5) is 13.7. The number of rotatable bonds is 5. The Labute approximate surface area is 128 Å². The zero-order valence-corrected chi connectivity index (χ0v) is 14.1. The van der Waals surface area contributed by atoms with Crippen LogP contribution >= 0.6 is 0 Å². The fourth-order valence-corrected chi connectivity index (χ4v) is 2.47. The molecule has 0 aromatic carbocycles. The topological polar surface area (TPSA) is 71.5 Å². The van der Waals surface area contributed by atoms with Crippen molar-refractivity contribution in [3.63, 3.8) is 0 Å². The van der Waals surface area contributed by atoms with E-state index in [0.29, 0.717) is 5.84 Å². The van der Waals surface area contributed by atoms with Crippen LogP contribution in [0.4, 0.5) is 0 Å². The predicted octanol–water partition coefficient (Wildman–Crippen LogP) is 1.31. The third-order valence-electron chi connectivity index (χ3n) is 3.49. The highest BCUT2D eigenvalue weighted by Crippen LogP contribution is 2.28. The van der Waals surface area contributed by atoms with Gasteiger partial charge in [-0.25, -0.2) is 5.43 Å². The Bertz CT molecular complexity index is 436. The number of nitrogens with one attached hydrogen (secondary N) is 3. The van der Waals surface area contributed by atoms with Gasteiger partial charge in [0.25, 0.3) is 0 Å². The van der Waals surface area contributed by atoms with Gasteiger partial charge in [0.15, 0.2) is 0 Å². The minimum absolute atomic E-state index is 0.0585. The maximum atomic E-state index is 12.0. The van der Waals surface area contributed by atoms with Crippen molar-refractivity contribution in [3.8, 4) is 0 Å². The number of hydrazine groups is 1. The van der Waals surface area contributed by atoms with E-state index < -0.39 is 0 Å². The molecule has 6 nitrogen and oxygen atoms in total. The number of amides is 1. The number of nitrogens with zero attached hydrogens (tertiary/aromatic N) is 2. The first-order valence-corrected chi connectivity index (χ1v) is 7.40. The predicted molar refractivity (Wildman–Crippen MR) is 86.0 cm³/mol.